The summed E-state index contributed by atoms with van der Waals surface area (Å²) in [6, 6.07) is 36.1. The molecule has 3 atom stereocenters. The molecule has 3 N–H and O–H groups in total. The molecule has 3 amide bonds. The van der Waals surface area contributed by atoms with Crippen LogP contribution in [0.5, 0.6) is 17.2 Å². The zero-order valence-corrected chi connectivity index (χ0v) is 28.7. The van der Waals surface area contributed by atoms with Crippen LogP contribution in [0, 0.1) is 5.92 Å². The Morgan fingerprint density at radius 1 is 0.940 bits per heavy atom. The van der Waals surface area contributed by atoms with Crippen molar-refractivity contribution in [1.29, 1.82) is 0 Å². The molecule has 0 saturated carbocycles. The summed E-state index contributed by atoms with van der Waals surface area (Å²) in [5.41, 5.74) is 3.05. The molecule has 5 aromatic carbocycles. The summed E-state index contributed by atoms with van der Waals surface area (Å²) in [7, 11) is 2.05. The first-order valence-electron chi connectivity index (χ1n) is 17.0. The lowest BCUT2D eigenvalue weighted by atomic mass is 10.0. The van der Waals surface area contributed by atoms with Crippen molar-refractivity contribution in [3.05, 3.63) is 126 Å². The Hall–Kier alpha value is -5.38. The lowest BCUT2D eigenvalue weighted by molar-refractivity contribution is -0.134. The molecule has 1 aliphatic heterocycles. The molecular weight excluding hydrogens is 628 g/mol. The second kappa shape index (κ2) is 15.9. The van der Waals surface area contributed by atoms with Crippen molar-refractivity contribution >= 4 is 34.1 Å². The highest BCUT2D eigenvalue weighted by Crippen LogP contribution is 2.30. The molecule has 0 spiro atoms. The number of benzene rings is 5. The molecule has 0 saturated heterocycles. The van der Waals surface area contributed by atoms with E-state index in [4.69, 9.17) is 9.47 Å². The number of urea groups is 1. The van der Waals surface area contributed by atoms with Crippen LogP contribution in [-0.2, 0) is 17.8 Å². The number of amides is 3. The second-order valence-electron chi connectivity index (χ2n) is 13.1. The van der Waals surface area contributed by atoms with E-state index in [0.29, 0.717) is 42.3 Å². The van der Waals surface area contributed by atoms with Gasteiger partial charge in [0.1, 0.15) is 23.4 Å². The number of nitrogens with one attached hydrogen (secondary N) is 2. The standard InChI is InChI=1S/C41H44N4O5/c1-28-24-45(29(2)27-46)40(47)23-32-22-33(42-41(48)43-37-15-9-11-31-10-7-8-14-36(31)37)18-21-38(32)50-39(28)26-44(3)25-30-16-19-35(20-17-30)49-34-12-5-4-6-13-34/h4-22,28-29,39,46H,23-27H2,1-3H3,(H2,42,43,48)/t28-,29+,39+/m1/s1. The fourth-order valence-corrected chi connectivity index (χ4v) is 6.32. The third kappa shape index (κ3) is 8.61. The molecule has 9 heteroatoms. The van der Waals surface area contributed by atoms with E-state index in [2.05, 4.69) is 41.6 Å². The van der Waals surface area contributed by atoms with Crippen molar-refractivity contribution in [2.45, 2.75) is 39.0 Å². The van der Waals surface area contributed by atoms with E-state index in [1.807, 2.05) is 97.9 Å². The topological polar surface area (TPSA) is 103 Å². The predicted molar refractivity (Wildman–Crippen MR) is 198 cm³/mol. The van der Waals surface area contributed by atoms with Gasteiger partial charge in [-0.1, -0.05) is 73.7 Å². The molecule has 5 aromatic rings. The minimum absolute atomic E-state index is 0.0349. The molecule has 258 valence electrons. The fraction of sp³-hybridized carbons (Fsp3) is 0.268. The Morgan fingerprint density at radius 3 is 2.44 bits per heavy atom. The van der Waals surface area contributed by atoms with Gasteiger partial charge >= 0.3 is 6.03 Å². The largest absolute Gasteiger partial charge is 0.488 e. The van der Waals surface area contributed by atoms with Crippen molar-refractivity contribution in [2.24, 2.45) is 5.92 Å². The zero-order valence-electron chi connectivity index (χ0n) is 28.7. The van der Waals surface area contributed by atoms with Crippen molar-refractivity contribution in [1.82, 2.24) is 9.80 Å². The van der Waals surface area contributed by atoms with Crippen LogP contribution in [0.2, 0.25) is 0 Å². The van der Waals surface area contributed by atoms with Gasteiger partial charge in [-0.25, -0.2) is 4.79 Å². The number of ether oxygens (including phenoxy) is 2. The summed E-state index contributed by atoms with van der Waals surface area (Å²) < 4.78 is 12.7. The number of aliphatic hydroxyl groups is 1. The fourth-order valence-electron chi connectivity index (χ4n) is 6.32. The van der Waals surface area contributed by atoms with Crippen LogP contribution in [0.4, 0.5) is 16.2 Å². The minimum Gasteiger partial charge on any atom is -0.488 e. The Balaban J connectivity index is 1.17. The minimum atomic E-state index is -0.389. The highest BCUT2D eigenvalue weighted by molar-refractivity contribution is 6.06. The zero-order chi connectivity index (χ0) is 35.0. The van der Waals surface area contributed by atoms with E-state index in [-0.39, 0.29) is 43.0 Å². The van der Waals surface area contributed by atoms with Gasteiger partial charge in [0, 0.05) is 42.2 Å². The number of carbonyl (C=O) groups is 2. The van der Waals surface area contributed by atoms with Gasteiger partial charge in [-0.3, -0.25) is 9.69 Å². The first-order valence-corrected chi connectivity index (χ1v) is 17.0. The summed E-state index contributed by atoms with van der Waals surface area (Å²) in [6.45, 7) is 5.53. The number of carbonyl (C=O) groups excluding carboxylic acids is 2. The SMILES string of the molecule is C[C@@H]1CN([C@@H](C)CO)C(=O)Cc2cc(NC(=O)Nc3cccc4ccccc34)ccc2O[C@H]1CN(C)Cc1ccc(Oc2ccccc2)cc1. The van der Waals surface area contributed by atoms with Crippen molar-refractivity contribution in [3.63, 3.8) is 0 Å². The number of rotatable bonds is 10. The van der Waals surface area contributed by atoms with Crippen molar-refractivity contribution in [2.75, 3.05) is 37.4 Å². The smallest absolute Gasteiger partial charge is 0.323 e. The predicted octanol–water partition coefficient (Wildman–Crippen LogP) is 7.56. The molecule has 0 aromatic heterocycles. The van der Waals surface area contributed by atoms with Crippen LogP contribution in [0.15, 0.2) is 115 Å². The van der Waals surface area contributed by atoms with Gasteiger partial charge in [0.2, 0.25) is 5.91 Å². The Labute approximate surface area is 293 Å². The van der Waals surface area contributed by atoms with E-state index in [9.17, 15) is 14.7 Å². The van der Waals surface area contributed by atoms with Gasteiger partial charge in [-0.05, 0) is 73.5 Å². The van der Waals surface area contributed by atoms with Crippen LogP contribution in [0.3, 0.4) is 0 Å². The molecule has 0 fully saturated rings. The number of likely N-dealkylation sites (N-methyl/N-ethyl adjacent to an activating group) is 1. The third-order valence-corrected chi connectivity index (χ3v) is 9.06. The molecule has 50 heavy (non-hydrogen) atoms. The Kier molecular flexibility index (Phi) is 11.0. The highest BCUT2D eigenvalue weighted by atomic mass is 16.5. The summed E-state index contributed by atoms with van der Waals surface area (Å²) in [4.78, 5) is 30.7. The first kappa shape index (κ1) is 34.5. The Bertz CT molecular complexity index is 1910. The maximum atomic E-state index is 13.7. The van der Waals surface area contributed by atoms with E-state index in [1.54, 1.807) is 17.0 Å². The van der Waals surface area contributed by atoms with Gasteiger partial charge in [0.25, 0.3) is 0 Å². The van der Waals surface area contributed by atoms with Crippen LogP contribution < -0.4 is 20.1 Å². The lowest BCUT2D eigenvalue weighted by Gasteiger charge is -2.34. The van der Waals surface area contributed by atoms with Crippen LogP contribution in [-0.4, -0.2) is 65.7 Å². The molecular formula is C41H44N4O5. The molecule has 0 unspecified atom stereocenters. The van der Waals surface area contributed by atoms with E-state index < -0.39 is 0 Å². The van der Waals surface area contributed by atoms with Crippen LogP contribution in [0.25, 0.3) is 10.8 Å². The molecule has 6 rings (SSSR count). The Morgan fingerprint density at radius 2 is 1.66 bits per heavy atom. The maximum Gasteiger partial charge on any atom is 0.323 e. The van der Waals surface area contributed by atoms with Crippen LogP contribution in [0.1, 0.15) is 25.0 Å². The average Bonchev–Trinajstić information content (AvgIpc) is 3.16. The molecule has 1 heterocycles. The van der Waals surface area contributed by atoms with Crippen molar-refractivity contribution < 1.29 is 24.2 Å². The maximum absolute atomic E-state index is 13.7. The number of anilines is 2. The van der Waals surface area contributed by atoms with Crippen molar-refractivity contribution in [3.8, 4) is 17.2 Å². The highest BCUT2D eigenvalue weighted by Gasteiger charge is 2.31. The van der Waals surface area contributed by atoms with Crippen LogP contribution >= 0.6 is 0 Å². The monoisotopic (exact) mass is 672 g/mol. The summed E-state index contributed by atoms with van der Waals surface area (Å²) >= 11 is 0. The normalized spacial score (nSPS) is 16.8. The second-order valence-corrected chi connectivity index (χ2v) is 13.1. The van der Waals surface area contributed by atoms with Gasteiger partial charge in [0.05, 0.1) is 24.8 Å². The third-order valence-electron chi connectivity index (χ3n) is 9.06. The van der Waals surface area contributed by atoms with Gasteiger partial charge < -0.3 is 30.1 Å². The van der Waals surface area contributed by atoms with E-state index in [0.717, 1.165) is 27.8 Å². The quantitative estimate of drug-likeness (QED) is 0.142. The molecule has 0 radical (unpaired) electrons. The summed E-state index contributed by atoms with van der Waals surface area (Å²) in [5, 5.41) is 17.9. The van der Waals surface area contributed by atoms with Gasteiger partial charge in [-0.2, -0.15) is 0 Å². The molecule has 0 aliphatic carbocycles. The lowest BCUT2D eigenvalue weighted by Crippen LogP contribution is -2.47. The van der Waals surface area contributed by atoms with E-state index in [1.165, 1.54) is 0 Å². The first-order chi connectivity index (χ1) is 24.2. The number of aliphatic hydroxyl groups excluding tert-OH is 1. The summed E-state index contributed by atoms with van der Waals surface area (Å²) in [6.07, 6.45) is -0.181. The number of hydrogen-bond acceptors (Lipinski definition) is 6. The number of hydrogen-bond donors (Lipinski definition) is 3. The summed E-state index contributed by atoms with van der Waals surface area (Å²) in [5.74, 6) is 2.03. The number of para-hydroxylation sites is 1. The van der Waals surface area contributed by atoms with Gasteiger partial charge in [0.15, 0.2) is 0 Å². The molecule has 9 nitrogen and oxygen atoms in total. The molecule has 1 aliphatic rings. The number of fused-ring (bicyclic) bond motifs is 2. The average molecular weight is 673 g/mol. The van der Waals surface area contributed by atoms with Gasteiger partial charge in [-0.15, -0.1) is 0 Å². The molecule has 0 bridgehead atoms. The number of nitrogens with zero attached hydrogens (tertiary/aromatic N) is 2. The van der Waals surface area contributed by atoms with E-state index >= 15 is 0 Å².